The first-order valence-corrected chi connectivity index (χ1v) is 6.25. The zero-order valence-electron chi connectivity index (χ0n) is 10.9. The van der Waals surface area contributed by atoms with Crippen molar-refractivity contribution in [2.24, 2.45) is 0 Å². The molecule has 2 heterocycles. The van der Waals surface area contributed by atoms with Gasteiger partial charge in [-0.15, -0.1) is 0 Å². The Morgan fingerprint density at radius 2 is 2.40 bits per heavy atom. The molecule has 7 heteroatoms. The fourth-order valence-corrected chi connectivity index (χ4v) is 2.15. The van der Waals surface area contributed by atoms with Crippen molar-refractivity contribution in [3.05, 3.63) is 24.0 Å². The number of hydrogen-bond donors (Lipinski definition) is 1. The Hall–Kier alpha value is -2.15. The van der Waals surface area contributed by atoms with Crippen LogP contribution in [0.15, 0.2) is 22.6 Å². The summed E-state index contributed by atoms with van der Waals surface area (Å²) in [4.78, 5) is 17.5. The van der Waals surface area contributed by atoms with E-state index in [2.05, 4.69) is 10.3 Å². The smallest absolute Gasteiger partial charge is 0.298 e. The first-order chi connectivity index (χ1) is 9.65. The quantitative estimate of drug-likeness (QED) is 0.901. The second-order valence-corrected chi connectivity index (χ2v) is 4.71. The van der Waals surface area contributed by atoms with Crippen LogP contribution in [-0.4, -0.2) is 43.7 Å². The molecule has 0 aliphatic carbocycles. The fourth-order valence-electron chi connectivity index (χ4n) is 2.15. The van der Waals surface area contributed by atoms with Gasteiger partial charge in [0.25, 0.3) is 6.01 Å². The maximum absolute atomic E-state index is 13.1. The van der Waals surface area contributed by atoms with Crippen LogP contribution in [-0.2, 0) is 9.53 Å². The molecule has 1 aliphatic rings. The molecule has 1 aliphatic heterocycles. The summed E-state index contributed by atoms with van der Waals surface area (Å²) in [6, 6.07) is 4.74. The summed E-state index contributed by atoms with van der Waals surface area (Å²) >= 11 is 0. The highest BCUT2D eigenvalue weighted by Crippen LogP contribution is 2.25. The van der Waals surface area contributed by atoms with Gasteiger partial charge in [0.1, 0.15) is 17.9 Å². The molecule has 2 aromatic rings. The van der Waals surface area contributed by atoms with E-state index < -0.39 is 0 Å². The number of amides is 1. The molecule has 0 spiro atoms. The number of methoxy groups -OCH3 is 1. The zero-order valence-corrected chi connectivity index (χ0v) is 10.9. The molecule has 20 heavy (non-hydrogen) atoms. The van der Waals surface area contributed by atoms with Crippen LogP contribution in [0.4, 0.5) is 10.4 Å². The van der Waals surface area contributed by atoms with Crippen molar-refractivity contribution in [1.82, 2.24) is 10.3 Å². The van der Waals surface area contributed by atoms with Crippen LogP contribution in [0.1, 0.15) is 0 Å². The number of benzene rings is 1. The largest absolute Gasteiger partial charge is 0.423 e. The molecule has 1 saturated heterocycles. The van der Waals surface area contributed by atoms with Crippen molar-refractivity contribution in [1.29, 1.82) is 0 Å². The molecule has 1 fully saturated rings. The molecule has 0 bridgehead atoms. The van der Waals surface area contributed by atoms with Gasteiger partial charge in [0, 0.05) is 26.3 Å². The number of nitrogens with zero attached hydrogens (tertiary/aromatic N) is 2. The van der Waals surface area contributed by atoms with Gasteiger partial charge in [0.2, 0.25) is 5.91 Å². The average molecular weight is 279 g/mol. The highest BCUT2D eigenvalue weighted by molar-refractivity contribution is 5.78. The molecule has 0 atom stereocenters. The Labute approximate surface area is 114 Å². The molecule has 1 aromatic heterocycles. The first-order valence-electron chi connectivity index (χ1n) is 6.25. The summed E-state index contributed by atoms with van der Waals surface area (Å²) in [5.41, 5.74) is 1.04. The normalized spacial score (nSPS) is 15.4. The molecule has 106 valence electrons. The summed E-state index contributed by atoms with van der Waals surface area (Å²) in [6.07, 6.45) is 0. The van der Waals surface area contributed by atoms with Gasteiger partial charge in [-0.1, -0.05) is 0 Å². The third-order valence-electron chi connectivity index (χ3n) is 3.13. The molecule has 1 amide bonds. The highest BCUT2D eigenvalue weighted by Gasteiger charge is 2.31. The van der Waals surface area contributed by atoms with Gasteiger partial charge in [-0.2, -0.15) is 4.98 Å². The lowest BCUT2D eigenvalue weighted by atomic mass is 10.1. The van der Waals surface area contributed by atoms with Gasteiger partial charge in [0.15, 0.2) is 5.58 Å². The number of carbonyl (C=O) groups excluding carboxylic acids is 1. The molecule has 3 rings (SSSR count). The van der Waals surface area contributed by atoms with Gasteiger partial charge in [-0.3, -0.25) is 4.79 Å². The Balaban J connectivity index is 1.62. The van der Waals surface area contributed by atoms with Gasteiger partial charge in [0.05, 0.1) is 6.04 Å². The first kappa shape index (κ1) is 12.9. The van der Waals surface area contributed by atoms with E-state index in [9.17, 15) is 9.18 Å². The number of ether oxygens (including phenoxy) is 1. The average Bonchev–Trinajstić information content (AvgIpc) is 2.75. The number of oxazole rings is 1. The Morgan fingerprint density at radius 3 is 3.15 bits per heavy atom. The summed E-state index contributed by atoms with van der Waals surface area (Å²) in [5.74, 6) is -0.495. The third-order valence-corrected chi connectivity index (χ3v) is 3.13. The maximum Gasteiger partial charge on any atom is 0.298 e. The minimum Gasteiger partial charge on any atom is -0.423 e. The number of rotatable bonds is 4. The molecule has 1 aromatic carbocycles. The van der Waals surface area contributed by atoms with E-state index in [1.165, 1.54) is 19.2 Å². The maximum atomic E-state index is 13.1. The fraction of sp³-hybridized carbons (Fsp3) is 0.385. The van der Waals surface area contributed by atoms with Crippen molar-refractivity contribution in [3.63, 3.8) is 0 Å². The minimum atomic E-state index is -0.353. The number of halogens is 1. The highest BCUT2D eigenvalue weighted by atomic mass is 19.1. The van der Waals surface area contributed by atoms with Crippen LogP contribution in [0.2, 0.25) is 0 Å². The van der Waals surface area contributed by atoms with Crippen LogP contribution >= 0.6 is 0 Å². The zero-order chi connectivity index (χ0) is 14.1. The predicted octanol–water partition coefficient (Wildman–Crippen LogP) is 0.918. The van der Waals surface area contributed by atoms with E-state index in [1.807, 2.05) is 4.90 Å². The van der Waals surface area contributed by atoms with Crippen LogP contribution in [0.5, 0.6) is 0 Å². The summed E-state index contributed by atoms with van der Waals surface area (Å²) < 4.78 is 23.3. The standard InChI is InChI=1S/C13H14FN3O3/c1-19-7-12(18)15-9-5-17(6-9)13-16-10-3-2-8(14)4-11(10)20-13/h2-4,9H,5-7H2,1H3,(H,15,18). The summed E-state index contributed by atoms with van der Waals surface area (Å²) in [7, 11) is 1.48. The van der Waals surface area contributed by atoms with E-state index in [1.54, 1.807) is 6.07 Å². The Bertz CT molecular complexity index is 637. The van der Waals surface area contributed by atoms with E-state index in [0.29, 0.717) is 30.2 Å². The SMILES string of the molecule is COCC(=O)NC1CN(c2nc3ccc(F)cc3o2)C1. The molecule has 6 nitrogen and oxygen atoms in total. The lowest BCUT2D eigenvalue weighted by Crippen LogP contribution is -2.60. The lowest BCUT2D eigenvalue weighted by molar-refractivity contribution is -0.125. The van der Waals surface area contributed by atoms with Crippen molar-refractivity contribution in [3.8, 4) is 0 Å². The lowest BCUT2D eigenvalue weighted by Gasteiger charge is -2.38. The van der Waals surface area contributed by atoms with Crippen molar-refractivity contribution in [2.45, 2.75) is 6.04 Å². The van der Waals surface area contributed by atoms with E-state index >= 15 is 0 Å². The molecule has 1 N–H and O–H groups in total. The van der Waals surface area contributed by atoms with Crippen LogP contribution in [0.3, 0.4) is 0 Å². The van der Waals surface area contributed by atoms with Gasteiger partial charge in [-0.25, -0.2) is 4.39 Å². The van der Waals surface area contributed by atoms with Gasteiger partial charge < -0.3 is 19.4 Å². The molecular formula is C13H14FN3O3. The van der Waals surface area contributed by atoms with E-state index in [-0.39, 0.29) is 24.4 Å². The van der Waals surface area contributed by atoms with Crippen LogP contribution < -0.4 is 10.2 Å². The van der Waals surface area contributed by atoms with Gasteiger partial charge in [-0.05, 0) is 12.1 Å². The van der Waals surface area contributed by atoms with E-state index in [4.69, 9.17) is 9.15 Å². The predicted molar refractivity (Wildman–Crippen MR) is 70.0 cm³/mol. The third kappa shape index (κ3) is 2.44. The number of hydrogen-bond acceptors (Lipinski definition) is 5. The summed E-state index contributed by atoms with van der Waals surface area (Å²) in [6.45, 7) is 1.29. The second-order valence-electron chi connectivity index (χ2n) is 4.71. The number of nitrogens with one attached hydrogen (secondary N) is 1. The van der Waals surface area contributed by atoms with Crippen LogP contribution in [0.25, 0.3) is 11.1 Å². The van der Waals surface area contributed by atoms with Crippen LogP contribution in [0, 0.1) is 5.82 Å². The Morgan fingerprint density at radius 1 is 1.60 bits per heavy atom. The van der Waals surface area contributed by atoms with E-state index in [0.717, 1.165) is 0 Å². The summed E-state index contributed by atoms with van der Waals surface area (Å²) in [5, 5.41) is 2.82. The van der Waals surface area contributed by atoms with Crippen molar-refractivity contribution >= 4 is 23.0 Å². The van der Waals surface area contributed by atoms with Gasteiger partial charge >= 0.3 is 0 Å². The number of fused-ring (bicyclic) bond motifs is 1. The van der Waals surface area contributed by atoms with Crippen molar-refractivity contribution < 1.29 is 18.3 Å². The Kier molecular flexibility index (Phi) is 3.27. The topological polar surface area (TPSA) is 67.6 Å². The number of aromatic nitrogens is 1. The number of carbonyl (C=O) groups is 1. The van der Waals surface area contributed by atoms with Crippen molar-refractivity contribution in [2.75, 3.05) is 31.7 Å². The second kappa shape index (κ2) is 5.09. The molecular weight excluding hydrogens is 265 g/mol. The number of anilines is 1. The molecule has 0 radical (unpaired) electrons. The minimum absolute atomic E-state index is 0.0542. The molecule has 0 saturated carbocycles. The monoisotopic (exact) mass is 279 g/mol. The molecule has 0 unspecified atom stereocenters.